The number of ether oxygens (including phenoxy) is 1. The molecule has 1 aromatic heterocycles. The standard InChI is InChI=1S/C27H28N2O3/c28-27(22-12-5-2-6-13-22,25-18-23(30)14-8-16-29-25)26(31)21-11-7-15-24(17-21)32-19-20-9-3-1-4-10-20/h1-6,8-10,12-14,16,18,21,24H,7,11,15,17,19,28H2. The van der Waals surface area contributed by atoms with Crippen molar-refractivity contribution in [3.05, 3.63) is 112 Å². The van der Waals surface area contributed by atoms with Gasteiger partial charge >= 0.3 is 0 Å². The van der Waals surface area contributed by atoms with Crippen LogP contribution in [0.15, 0.2) is 89.9 Å². The van der Waals surface area contributed by atoms with E-state index in [1.807, 2.05) is 60.7 Å². The molecule has 4 rings (SSSR count). The summed E-state index contributed by atoms with van der Waals surface area (Å²) in [7, 11) is 0. The number of nitrogens with zero attached hydrogens (tertiary/aromatic N) is 1. The third-order valence-corrected chi connectivity index (χ3v) is 6.19. The molecular formula is C27H28N2O3. The minimum Gasteiger partial charge on any atom is -0.374 e. The fourth-order valence-corrected chi connectivity index (χ4v) is 4.46. The summed E-state index contributed by atoms with van der Waals surface area (Å²) >= 11 is 0. The van der Waals surface area contributed by atoms with Crippen molar-refractivity contribution in [1.29, 1.82) is 0 Å². The second kappa shape index (κ2) is 9.98. The monoisotopic (exact) mass is 428 g/mol. The van der Waals surface area contributed by atoms with Crippen molar-refractivity contribution in [1.82, 2.24) is 4.98 Å². The average molecular weight is 429 g/mol. The molecule has 32 heavy (non-hydrogen) atoms. The smallest absolute Gasteiger partial charge is 0.180 e. The van der Waals surface area contributed by atoms with E-state index in [4.69, 9.17) is 10.5 Å². The van der Waals surface area contributed by atoms with Crippen LogP contribution < -0.4 is 11.2 Å². The van der Waals surface area contributed by atoms with Gasteiger partial charge in [-0.3, -0.25) is 14.6 Å². The maximum Gasteiger partial charge on any atom is 0.180 e. The number of hydrogen-bond donors (Lipinski definition) is 1. The lowest BCUT2D eigenvalue weighted by molar-refractivity contribution is -0.130. The van der Waals surface area contributed by atoms with E-state index in [1.165, 1.54) is 18.3 Å². The molecule has 5 nitrogen and oxygen atoms in total. The van der Waals surface area contributed by atoms with Gasteiger partial charge in [0.2, 0.25) is 0 Å². The molecule has 0 saturated heterocycles. The lowest BCUT2D eigenvalue weighted by Crippen LogP contribution is -2.50. The molecule has 1 heterocycles. The summed E-state index contributed by atoms with van der Waals surface area (Å²) in [6.45, 7) is 0.522. The molecule has 0 aliphatic heterocycles. The summed E-state index contributed by atoms with van der Waals surface area (Å²) in [5.74, 6) is -0.382. The van der Waals surface area contributed by atoms with Gasteiger partial charge in [0.15, 0.2) is 11.2 Å². The molecule has 3 aromatic rings. The van der Waals surface area contributed by atoms with Gasteiger partial charge in [0.1, 0.15) is 5.54 Å². The predicted octanol–water partition coefficient (Wildman–Crippen LogP) is 3.99. The molecule has 0 radical (unpaired) electrons. The maximum absolute atomic E-state index is 13.9. The zero-order chi connectivity index (χ0) is 22.4. The van der Waals surface area contributed by atoms with Crippen LogP contribution in [0.2, 0.25) is 0 Å². The van der Waals surface area contributed by atoms with Gasteiger partial charge in [-0.05, 0) is 42.5 Å². The van der Waals surface area contributed by atoms with Gasteiger partial charge in [-0.15, -0.1) is 0 Å². The molecule has 3 atom stereocenters. The summed E-state index contributed by atoms with van der Waals surface area (Å²) in [6, 6.07) is 23.6. The first kappa shape index (κ1) is 22.1. The Labute approximate surface area is 188 Å². The average Bonchev–Trinajstić information content (AvgIpc) is 3.08. The first-order valence-electron chi connectivity index (χ1n) is 11.1. The predicted molar refractivity (Wildman–Crippen MR) is 124 cm³/mol. The van der Waals surface area contributed by atoms with Crippen LogP contribution >= 0.6 is 0 Å². The van der Waals surface area contributed by atoms with Crippen LogP contribution in [0.25, 0.3) is 0 Å². The van der Waals surface area contributed by atoms with Crippen molar-refractivity contribution in [3.8, 4) is 0 Å². The number of hydrogen-bond acceptors (Lipinski definition) is 5. The third-order valence-electron chi connectivity index (χ3n) is 6.19. The Morgan fingerprint density at radius 1 is 1.00 bits per heavy atom. The molecule has 1 aliphatic carbocycles. The molecule has 1 aliphatic rings. The highest BCUT2D eigenvalue weighted by Gasteiger charge is 2.44. The van der Waals surface area contributed by atoms with Crippen LogP contribution in [0.5, 0.6) is 0 Å². The molecule has 1 saturated carbocycles. The van der Waals surface area contributed by atoms with Crippen LogP contribution in [-0.2, 0) is 21.7 Å². The Balaban J connectivity index is 1.60. The minimum atomic E-state index is -1.49. The number of aromatic nitrogens is 1. The van der Waals surface area contributed by atoms with Gasteiger partial charge in [0.25, 0.3) is 0 Å². The topological polar surface area (TPSA) is 82.3 Å². The normalized spacial score (nSPS) is 20.3. The van der Waals surface area contributed by atoms with Crippen LogP contribution in [0.3, 0.4) is 0 Å². The Bertz CT molecular complexity index is 1100. The van der Waals surface area contributed by atoms with E-state index in [0.717, 1.165) is 24.8 Å². The van der Waals surface area contributed by atoms with E-state index in [-0.39, 0.29) is 28.9 Å². The van der Waals surface area contributed by atoms with E-state index < -0.39 is 5.54 Å². The fraction of sp³-hybridized carbons (Fsp3) is 0.296. The SMILES string of the molecule is NC(C(=O)C1CCCC(OCc2ccccc2)C1)(c1ccccc1)c1cc(=O)cccn1. The van der Waals surface area contributed by atoms with Crippen LogP contribution in [-0.4, -0.2) is 16.9 Å². The maximum atomic E-state index is 13.9. The van der Waals surface area contributed by atoms with Gasteiger partial charge < -0.3 is 10.5 Å². The van der Waals surface area contributed by atoms with Gasteiger partial charge in [-0.2, -0.15) is 0 Å². The van der Waals surface area contributed by atoms with Crippen LogP contribution in [0.1, 0.15) is 42.5 Å². The number of carbonyl (C=O) groups excluding carboxylic acids is 1. The highest BCUT2D eigenvalue weighted by molar-refractivity contribution is 5.94. The summed E-state index contributed by atoms with van der Waals surface area (Å²) in [4.78, 5) is 30.5. The van der Waals surface area contributed by atoms with Crippen LogP contribution in [0.4, 0.5) is 0 Å². The van der Waals surface area contributed by atoms with Crippen molar-refractivity contribution in [2.75, 3.05) is 0 Å². The highest BCUT2D eigenvalue weighted by Crippen LogP contribution is 2.35. The molecule has 2 N–H and O–H groups in total. The highest BCUT2D eigenvalue weighted by atomic mass is 16.5. The lowest BCUT2D eigenvalue weighted by Gasteiger charge is -2.35. The number of ketones is 1. The quantitative estimate of drug-likeness (QED) is 0.615. The first-order chi connectivity index (χ1) is 15.6. The Kier molecular flexibility index (Phi) is 6.88. The van der Waals surface area contributed by atoms with E-state index in [1.54, 1.807) is 6.07 Å². The molecule has 3 unspecified atom stereocenters. The van der Waals surface area contributed by atoms with Crippen molar-refractivity contribution >= 4 is 5.78 Å². The van der Waals surface area contributed by atoms with Gasteiger partial charge in [-0.1, -0.05) is 67.1 Å². The van der Waals surface area contributed by atoms with E-state index in [0.29, 0.717) is 18.6 Å². The zero-order valence-electron chi connectivity index (χ0n) is 18.0. The second-order valence-electron chi connectivity index (χ2n) is 8.39. The van der Waals surface area contributed by atoms with Crippen LogP contribution in [0, 0.1) is 5.92 Å². The summed E-state index contributed by atoms with van der Waals surface area (Å²) in [6.07, 6.45) is 4.68. The van der Waals surface area contributed by atoms with Crippen molar-refractivity contribution in [2.24, 2.45) is 11.7 Å². The minimum absolute atomic E-state index is 0.00663. The number of rotatable bonds is 7. The Hall–Kier alpha value is -3.15. The molecule has 0 bridgehead atoms. The first-order valence-corrected chi connectivity index (χ1v) is 11.1. The Morgan fingerprint density at radius 3 is 2.47 bits per heavy atom. The molecule has 0 spiro atoms. The molecule has 0 amide bonds. The fourth-order valence-electron chi connectivity index (χ4n) is 4.46. The van der Waals surface area contributed by atoms with Gasteiger partial charge in [-0.25, -0.2) is 0 Å². The molecule has 2 aromatic carbocycles. The lowest BCUT2D eigenvalue weighted by atomic mass is 9.73. The Morgan fingerprint density at radius 2 is 1.72 bits per heavy atom. The number of carbonyl (C=O) groups is 1. The number of benzene rings is 2. The molecule has 5 heteroatoms. The van der Waals surface area contributed by atoms with E-state index in [9.17, 15) is 9.59 Å². The largest absolute Gasteiger partial charge is 0.374 e. The van der Waals surface area contributed by atoms with Gasteiger partial charge in [0.05, 0.1) is 18.4 Å². The number of Topliss-reactive ketones (excluding diaryl/α,β-unsaturated/α-hetero) is 1. The molecular weight excluding hydrogens is 400 g/mol. The molecule has 1 fully saturated rings. The summed E-state index contributed by atoms with van der Waals surface area (Å²) in [5.41, 5.74) is 7.15. The second-order valence-corrected chi connectivity index (χ2v) is 8.39. The van der Waals surface area contributed by atoms with E-state index >= 15 is 0 Å². The van der Waals surface area contributed by atoms with Crippen molar-refractivity contribution in [3.63, 3.8) is 0 Å². The number of nitrogens with two attached hydrogens (primary N) is 1. The van der Waals surface area contributed by atoms with Crippen molar-refractivity contribution in [2.45, 2.75) is 43.9 Å². The third kappa shape index (κ3) is 4.85. The van der Waals surface area contributed by atoms with E-state index in [2.05, 4.69) is 4.98 Å². The zero-order valence-corrected chi connectivity index (χ0v) is 18.0. The molecule has 164 valence electrons. The van der Waals surface area contributed by atoms with Gasteiger partial charge in [0, 0.05) is 18.2 Å². The van der Waals surface area contributed by atoms with Crippen molar-refractivity contribution < 1.29 is 9.53 Å². The summed E-state index contributed by atoms with van der Waals surface area (Å²) < 4.78 is 6.15. The summed E-state index contributed by atoms with van der Waals surface area (Å²) in [5, 5.41) is 0.